The van der Waals surface area contributed by atoms with Crippen LogP contribution in [0.5, 0.6) is 0 Å². The van der Waals surface area contributed by atoms with Gasteiger partial charge in [-0.05, 0) is 38.4 Å². The molecule has 0 spiro atoms. The molecular weight excluding hydrogens is 281 g/mol. The first-order chi connectivity index (χ1) is 6.04. The summed E-state index contributed by atoms with van der Waals surface area (Å²) in [6, 6.07) is 0. The van der Waals surface area contributed by atoms with Gasteiger partial charge in [-0.15, -0.1) is 0 Å². The fourth-order valence-corrected chi connectivity index (χ4v) is 0.716. The van der Waals surface area contributed by atoms with Crippen molar-refractivity contribution in [2.24, 2.45) is 0 Å². The summed E-state index contributed by atoms with van der Waals surface area (Å²) in [5.41, 5.74) is 0.298. The van der Waals surface area contributed by atoms with Gasteiger partial charge in [-0.2, -0.15) is 0 Å². The van der Waals surface area contributed by atoms with Crippen LogP contribution in [0.1, 0.15) is 12.8 Å². The largest absolute Gasteiger partial charge is 0.478 e. The van der Waals surface area contributed by atoms with E-state index in [1.165, 1.54) is 0 Å². The van der Waals surface area contributed by atoms with Crippen molar-refractivity contribution < 1.29 is 9.90 Å². The van der Waals surface area contributed by atoms with Crippen LogP contribution in [0.4, 0.5) is 0 Å². The SMILES string of the molecule is C=C(CCCN(C)C)C(=O)O.CI. The second kappa shape index (κ2) is 9.98. The molecule has 3 nitrogen and oxygen atoms in total. The topological polar surface area (TPSA) is 40.5 Å². The van der Waals surface area contributed by atoms with Crippen molar-refractivity contribution in [1.29, 1.82) is 0 Å². The normalized spacial score (nSPS) is 9.00. The zero-order chi connectivity index (χ0) is 10.9. The molecule has 0 saturated carbocycles. The van der Waals surface area contributed by atoms with Crippen molar-refractivity contribution in [1.82, 2.24) is 4.90 Å². The Labute approximate surface area is 94.0 Å². The smallest absolute Gasteiger partial charge is 0.330 e. The highest BCUT2D eigenvalue weighted by Gasteiger charge is 2.02. The molecule has 0 radical (unpaired) electrons. The third-order valence-corrected chi connectivity index (χ3v) is 1.39. The molecule has 0 bridgehead atoms. The maximum atomic E-state index is 10.3. The summed E-state index contributed by atoms with van der Waals surface area (Å²) in [6.45, 7) is 4.34. The molecule has 0 aliphatic rings. The third-order valence-electron chi connectivity index (χ3n) is 1.39. The second-order valence-corrected chi connectivity index (χ2v) is 2.82. The van der Waals surface area contributed by atoms with Crippen LogP contribution in [0.25, 0.3) is 0 Å². The Hall–Kier alpha value is -0.100. The second-order valence-electron chi connectivity index (χ2n) is 2.82. The summed E-state index contributed by atoms with van der Waals surface area (Å²) < 4.78 is 0. The quantitative estimate of drug-likeness (QED) is 0.480. The van der Waals surface area contributed by atoms with E-state index in [0.29, 0.717) is 12.0 Å². The van der Waals surface area contributed by atoms with Crippen molar-refractivity contribution in [2.45, 2.75) is 12.8 Å². The summed E-state index contributed by atoms with van der Waals surface area (Å²) in [4.78, 5) is 14.3. The monoisotopic (exact) mass is 299 g/mol. The van der Waals surface area contributed by atoms with Gasteiger partial charge in [0.2, 0.25) is 0 Å². The van der Waals surface area contributed by atoms with Gasteiger partial charge in [0.05, 0.1) is 0 Å². The van der Waals surface area contributed by atoms with Gasteiger partial charge in [0.1, 0.15) is 0 Å². The summed E-state index contributed by atoms with van der Waals surface area (Å²) in [5, 5.41) is 8.43. The lowest BCUT2D eigenvalue weighted by Crippen LogP contribution is -2.13. The Morgan fingerprint density at radius 3 is 2.23 bits per heavy atom. The number of hydrogen-bond donors (Lipinski definition) is 1. The Kier molecular flexibility index (Phi) is 11.8. The van der Waals surface area contributed by atoms with E-state index >= 15 is 0 Å². The molecule has 0 rings (SSSR count). The Morgan fingerprint density at radius 1 is 1.46 bits per heavy atom. The molecule has 0 heterocycles. The van der Waals surface area contributed by atoms with Gasteiger partial charge in [-0.1, -0.05) is 29.2 Å². The Bertz CT molecular complexity index is 158. The summed E-state index contributed by atoms with van der Waals surface area (Å²) in [6.07, 6.45) is 1.44. The van der Waals surface area contributed by atoms with E-state index in [1.54, 1.807) is 0 Å². The van der Waals surface area contributed by atoms with Crippen molar-refractivity contribution in [3.8, 4) is 0 Å². The minimum absolute atomic E-state index is 0.298. The molecule has 0 atom stereocenters. The fraction of sp³-hybridized carbons (Fsp3) is 0.667. The van der Waals surface area contributed by atoms with Crippen molar-refractivity contribution >= 4 is 28.6 Å². The molecule has 1 N–H and O–H groups in total. The number of hydrogen-bond acceptors (Lipinski definition) is 2. The van der Waals surface area contributed by atoms with Crippen LogP contribution in [-0.4, -0.2) is 41.5 Å². The number of nitrogens with zero attached hydrogens (tertiary/aromatic N) is 1. The van der Waals surface area contributed by atoms with Crippen LogP contribution in [0.15, 0.2) is 12.2 Å². The van der Waals surface area contributed by atoms with Crippen LogP contribution in [0, 0.1) is 0 Å². The van der Waals surface area contributed by atoms with E-state index in [1.807, 2.05) is 23.9 Å². The van der Waals surface area contributed by atoms with E-state index in [-0.39, 0.29) is 0 Å². The molecule has 0 aliphatic heterocycles. The van der Waals surface area contributed by atoms with E-state index in [0.717, 1.165) is 13.0 Å². The van der Waals surface area contributed by atoms with Crippen LogP contribution in [0.2, 0.25) is 0 Å². The summed E-state index contributed by atoms with van der Waals surface area (Å²) >= 11 is 2.15. The zero-order valence-electron chi connectivity index (χ0n) is 8.51. The standard InChI is InChI=1S/C8H15NO2.CH3I/c1-7(8(10)11)5-4-6-9(2)3;1-2/h1,4-6H2,2-3H3,(H,10,11);1H3. The average Bonchev–Trinajstić information content (AvgIpc) is 2.07. The van der Waals surface area contributed by atoms with Gasteiger partial charge in [-0.3, -0.25) is 0 Å². The highest BCUT2D eigenvalue weighted by molar-refractivity contribution is 14.1. The van der Waals surface area contributed by atoms with Gasteiger partial charge in [0.15, 0.2) is 0 Å². The lowest BCUT2D eigenvalue weighted by atomic mass is 10.1. The molecule has 0 aromatic heterocycles. The zero-order valence-corrected chi connectivity index (χ0v) is 10.7. The predicted octanol–water partition coefficient (Wildman–Crippen LogP) is 2.02. The van der Waals surface area contributed by atoms with E-state index in [2.05, 4.69) is 29.2 Å². The number of carboxylic acid groups (broad SMARTS) is 1. The van der Waals surface area contributed by atoms with Crippen molar-refractivity contribution in [3.05, 3.63) is 12.2 Å². The first-order valence-corrected chi connectivity index (χ1v) is 6.13. The molecular formula is C9H18INO2. The highest BCUT2D eigenvalue weighted by atomic mass is 127. The number of carbonyl (C=O) groups is 1. The lowest BCUT2D eigenvalue weighted by Gasteiger charge is -2.08. The maximum absolute atomic E-state index is 10.3. The van der Waals surface area contributed by atoms with Crippen molar-refractivity contribution in [3.63, 3.8) is 0 Å². The summed E-state index contributed by atoms with van der Waals surface area (Å²) in [7, 11) is 3.92. The minimum Gasteiger partial charge on any atom is -0.478 e. The first kappa shape index (κ1) is 15.4. The number of aliphatic carboxylic acids is 1. The Morgan fingerprint density at radius 2 is 1.92 bits per heavy atom. The molecule has 0 unspecified atom stereocenters. The number of carboxylic acids is 1. The van der Waals surface area contributed by atoms with Crippen LogP contribution < -0.4 is 0 Å². The Balaban J connectivity index is 0. The molecule has 13 heavy (non-hydrogen) atoms. The van der Waals surface area contributed by atoms with Gasteiger partial charge in [0.25, 0.3) is 0 Å². The van der Waals surface area contributed by atoms with Crippen molar-refractivity contribution in [2.75, 3.05) is 25.6 Å². The molecule has 0 aliphatic carbocycles. The van der Waals surface area contributed by atoms with Gasteiger partial charge >= 0.3 is 5.97 Å². The molecule has 0 aromatic carbocycles. The number of halogens is 1. The van der Waals surface area contributed by atoms with Crippen LogP contribution in [-0.2, 0) is 4.79 Å². The highest BCUT2D eigenvalue weighted by Crippen LogP contribution is 2.01. The predicted molar refractivity (Wildman–Crippen MR) is 64.5 cm³/mol. The van der Waals surface area contributed by atoms with Crippen LogP contribution in [0.3, 0.4) is 0 Å². The van der Waals surface area contributed by atoms with E-state index < -0.39 is 5.97 Å². The minimum atomic E-state index is -0.885. The van der Waals surface area contributed by atoms with Gasteiger partial charge in [-0.25, -0.2) is 4.79 Å². The molecule has 4 heteroatoms. The lowest BCUT2D eigenvalue weighted by molar-refractivity contribution is -0.132. The van der Waals surface area contributed by atoms with Gasteiger partial charge < -0.3 is 10.0 Å². The third kappa shape index (κ3) is 11.9. The molecule has 78 valence electrons. The molecule has 0 saturated heterocycles. The van der Waals surface area contributed by atoms with E-state index in [9.17, 15) is 4.79 Å². The molecule has 0 aromatic rings. The first-order valence-electron chi connectivity index (χ1n) is 3.97. The number of rotatable bonds is 5. The molecule has 0 fully saturated rings. The summed E-state index contributed by atoms with van der Waals surface area (Å²) in [5.74, 6) is -0.885. The van der Waals surface area contributed by atoms with Gasteiger partial charge in [0, 0.05) is 5.57 Å². The van der Waals surface area contributed by atoms with E-state index in [4.69, 9.17) is 5.11 Å². The maximum Gasteiger partial charge on any atom is 0.330 e. The van der Waals surface area contributed by atoms with Crippen LogP contribution >= 0.6 is 22.6 Å². The number of alkyl halides is 1. The fourth-order valence-electron chi connectivity index (χ4n) is 0.716. The average molecular weight is 299 g/mol. The molecule has 0 amide bonds.